The SMILES string of the molecule is CC1CNCCC1(OC(=O)C(C)(C)C)c1ccc(F)cc1. The number of nitrogens with one attached hydrogen (secondary N) is 1. The molecule has 1 N–H and O–H groups in total. The molecule has 21 heavy (non-hydrogen) atoms. The molecule has 1 aromatic rings. The van der Waals surface area contributed by atoms with Gasteiger partial charge in [0, 0.05) is 18.9 Å². The number of ether oxygens (including phenoxy) is 1. The van der Waals surface area contributed by atoms with Crippen molar-refractivity contribution in [2.75, 3.05) is 13.1 Å². The third kappa shape index (κ3) is 3.26. The van der Waals surface area contributed by atoms with Crippen LogP contribution >= 0.6 is 0 Å². The molecule has 0 spiro atoms. The van der Waals surface area contributed by atoms with E-state index < -0.39 is 11.0 Å². The fraction of sp³-hybridized carbons (Fsp3) is 0.588. The van der Waals surface area contributed by atoms with E-state index in [1.165, 1.54) is 12.1 Å². The Morgan fingerprint density at radius 1 is 1.33 bits per heavy atom. The Bertz CT molecular complexity index is 507. The van der Waals surface area contributed by atoms with Crippen molar-refractivity contribution in [2.45, 2.75) is 39.7 Å². The van der Waals surface area contributed by atoms with Gasteiger partial charge >= 0.3 is 5.97 Å². The van der Waals surface area contributed by atoms with Crippen molar-refractivity contribution >= 4 is 5.97 Å². The molecule has 2 atom stereocenters. The summed E-state index contributed by atoms with van der Waals surface area (Å²) in [5.41, 5.74) is -0.364. The molecule has 1 aromatic carbocycles. The van der Waals surface area contributed by atoms with Crippen LogP contribution in [0.3, 0.4) is 0 Å². The third-order valence-electron chi connectivity index (χ3n) is 4.14. The minimum absolute atomic E-state index is 0.128. The van der Waals surface area contributed by atoms with Crippen molar-refractivity contribution in [1.29, 1.82) is 0 Å². The number of rotatable bonds is 2. The van der Waals surface area contributed by atoms with E-state index in [9.17, 15) is 9.18 Å². The first kappa shape index (κ1) is 16.0. The second-order valence-electron chi connectivity index (χ2n) is 6.89. The second-order valence-corrected chi connectivity index (χ2v) is 6.89. The standard InChI is InChI=1S/C17H24FNO2/c1-12-11-19-10-9-17(12,21-15(20)16(2,3)4)13-5-7-14(18)8-6-13/h5-8,12,19H,9-11H2,1-4H3. The van der Waals surface area contributed by atoms with Gasteiger partial charge in [-0.05, 0) is 45.0 Å². The molecule has 0 radical (unpaired) electrons. The molecule has 1 saturated heterocycles. The zero-order valence-corrected chi connectivity index (χ0v) is 13.2. The molecular weight excluding hydrogens is 269 g/mol. The van der Waals surface area contributed by atoms with E-state index in [4.69, 9.17) is 4.74 Å². The minimum atomic E-state index is -0.677. The van der Waals surface area contributed by atoms with E-state index in [2.05, 4.69) is 12.2 Å². The molecule has 0 bridgehead atoms. The number of hydrogen-bond acceptors (Lipinski definition) is 3. The summed E-state index contributed by atoms with van der Waals surface area (Å²) in [6.45, 7) is 9.15. The smallest absolute Gasteiger partial charge is 0.312 e. The molecule has 0 aliphatic carbocycles. The highest BCUT2D eigenvalue weighted by Crippen LogP contribution is 2.40. The van der Waals surface area contributed by atoms with Crippen LogP contribution in [0.1, 0.15) is 39.7 Å². The lowest BCUT2D eigenvalue weighted by molar-refractivity contribution is -0.180. The molecule has 1 fully saturated rings. The average Bonchev–Trinajstić information content (AvgIpc) is 2.41. The van der Waals surface area contributed by atoms with Gasteiger partial charge in [-0.1, -0.05) is 19.1 Å². The van der Waals surface area contributed by atoms with Gasteiger partial charge in [-0.2, -0.15) is 0 Å². The zero-order chi connectivity index (χ0) is 15.7. The predicted octanol–water partition coefficient (Wildman–Crippen LogP) is 3.24. The van der Waals surface area contributed by atoms with Gasteiger partial charge in [0.25, 0.3) is 0 Å². The number of esters is 1. The van der Waals surface area contributed by atoms with E-state index in [1.807, 2.05) is 20.8 Å². The van der Waals surface area contributed by atoms with Crippen LogP contribution in [0.25, 0.3) is 0 Å². The molecule has 0 aromatic heterocycles. The van der Waals surface area contributed by atoms with E-state index in [0.717, 1.165) is 18.7 Å². The predicted molar refractivity (Wildman–Crippen MR) is 80.3 cm³/mol. The van der Waals surface area contributed by atoms with Gasteiger partial charge in [0.2, 0.25) is 0 Å². The van der Waals surface area contributed by atoms with Gasteiger partial charge in [-0.25, -0.2) is 4.39 Å². The summed E-state index contributed by atoms with van der Waals surface area (Å²) in [4.78, 5) is 12.4. The van der Waals surface area contributed by atoms with Crippen LogP contribution < -0.4 is 5.32 Å². The number of halogens is 1. The molecule has 1 heterocycles. The molecule has 1 aliphatic heterocycles. The third-order valence-corrected chi connectivity index (χ3v) is 4.14. The topological polar surface area (TPSA) is 38.3 Å². The van der Waals surface area contributed by atoms with Crippen molar-refractivity contribution < 1.29 is 13.9 Å². The minimum Gasteiger partial charge on any atom is -0.453 e. The van der Waals surface area contributed by atoms with Crippen LogP contribution in [0, 0.1) is 17.2 Å². The molecule has 0 saturated carbocycles. The number of hydrogen-bond donors (Lipinski definition) is 1. The highest BCUT2D eigenvalue weighted by Gasteiger charge is 2.45. The summed E-state index contributed by atoms with van der Waals surface area (Å²) in [5.74, 6) is -0.374. The number of carbonyl (C=O) groups is 1. The Labute approximate surface area is 125 Å². The second kappa shape index (κ2) is 5.76. The monoisotopic (exact) mass is 293 g/mol. The Kier molecular flexibility index (Phi) is 4.38. The Hall–Kier alpha value is -1.42. The zero-order valence-electron chi connectivity index (χ0n) is 13.2. The lowest BCUT2D eigenvalue weighted by Crippen LogP contribution is -2.50. The highest BCUT2D eigenvalue weighted by atomic mass is 19.1. The lowest BCUT2D eigenvalue weighted by Gasteiger charge is -2.43. The first-order chi connectivity index (χ1) is 9.75. The Morgan fingerprint density at radius 2 is 1.95 bits per heavy atom. The molecule has 1 aliphatic rings. The normalized spacial score (nSPS) is 26.4. The summed E-state index contributed by atoms with van der Waals surface area (Å²) in [6, 6.07) is 6.31. The highest BCUT2D eigenvalue weighted by molar-refractivity contribution is 5.76. The quantitative estimate of drug-likeness (QED) is 0.851. The summed E-state index contributed by atoms with van der Waals surface area (Å²) < 4.78 is 19.2. The maximum absolute atomic E-state index is 13.2. The maximum atomic E-state index is 13.2. The van der Waals surface area contributed by atoms with Crippen molar-refractivity contribution in [1.82, 2.24) is 5.32 Å². The molecule has 4 heteroatoms. The van der Waals surface area contributed by atoms with Gasteiger partial charge in [0.15, 0.2) is 0 Å². The van der Waals surface area contributed by atoms with Gasteiger partial charge in [-0.3, -0.25) is 4.79 Å². The van der Waals surface area contributed by atoms with Gasteiger partial charge < -0.3 is 10.1 Å². The van der Waals surface area contributed by atoms with E-state index in [-0.39, 0.29) is 17.7 Å². The van der Waals surface area contributed by atoms with Gasteiger partial charge in [-0.15, -0.1) is 0 Å². The first-order valence-corrected chi connectivity index (χ1v) is 7.46. The van der Waals surface area contributed by atoms with Crippen molar-refractivity contribution in [2.24, 2.45) is 11.3 Å². The van der Waals surface area contributed by atoms with Crippen LogP contribution in [0.15, 0.2) is 24.3 Å². The summed E-state index contributed by atoms with van der Waals surface area (Å²) in [6.07, 6.45) is 0.696. The van der Waals surface area contributed by atoms with Gasteiger partial charge in [0.1, 0.15) is 11.4 Å². The maximum Gasteiger partial charge on any atom is 0.312 e. The molecule has 116 valence electrons. The first-order valence-electron chi connectivity index (χ1n) is 7.46. The number of benzene rings is 1. The van der Waals surface area contributed by atoms with Crippen LogP contribution in [-0.4, -0.2) is 19.1 Å². The largest absolute Gasteiger partial charge is 0.453 e. The Balaban J connectivity index is 2.39. The van der Waals surface area contributed by atoms with Crippen LogP contribution in [-0.2, 0) is 15.1 Å². The summed E-state index contributed by atoms with van der Waals surface area (Å²) in [5, 5.41) is 3.32. The molecule has 3 nitrogen and oxygen atoms in total. The van der Waals surface area contributed by atoms with Crippen molar-refractivity contribution in [3.05, 3.63) is 35.6 Å². The summed E-state index contributed by atoms with van der Waals surface area (Å²) in [7, 11) is 0. The fourth-order valence-electron chi connectivity index (χ4n) is 2.69. The average molecular weight is 293 g/mol. The molecule has 2 rings (SSSR count). The summed E-state index contributed by atoms with van der Waals surface area (Å²) >= 11 is 0. The Morgan fingerprint density at radius 3 is 2.48 bits per heavy atom. The van der Waals surface area contributed by atoms with E-state index in [1.54, 1.807) is 12.1 Å². The van der Waals surface area contributed by atoms with E-state index in [0.29, 0.717) is 6.42 Å². The number of carbonyl (C=O) groups excluding carboxylic acids is 1. The van der Waals surface area contributed by atoms with Crippen LogP contribution in [0.5, 0.6) is 0 Å². The lowest BCUT2D eigenvalue weighted by atomic mass is 9.77. The van der Waals surface area contributed by atoms with Crippen LogP contribution in [0.2, 0.25) is 0 Å². The fourth-order valence-corrected chi connectivity index (χ4v) is 2.69. The molecular formula is C17H24FNO2. The van der Waals surface area contributed by atoms with Crippen molar-refractivity contribution in [3.63, 3.8) is 0 Å². The van der Waals surface area contributed by atoms with Gasteiger partial charge in [0.05, 0.1) is 5.41 Å². The molecule has 0 amide bonds. The van der Waals surface area contributed by atoms with Crippen molar-refractivity contribution in [3.8, 4) is 0 Å². The molecule has 2 unspecified atom stereocenters. The van der Waals surface area contributed by atoms with Crippen LogP contribution in [0.4, 0.5) is 4.39 Å². The number of piperidine rings is 1. The van der Waals surface area contributed by atoms with E-state index >= 15 is 0 Å².